The zero-order valence-electron chi connectivity index (χ0n) is 16.8. The monoisotopic (exact) mass is 422 g/mol. The van der Waals surface area contributed by atoms with Crippen molar-refractivity contribution in [1.82, 2.24) is 0 Å². The maximum atomic E-state index is 13.4. The molecule has 0 saturated heterocycles. The molecule has 0 unspecified atom stereocenters. The number of carbonyl (C=O) groups excluding carboxylic acids is 1. The van der Waals surface area contributed by atoms with Crippen molar-refractivity contribution in [3.63, 3.8) is 0 Å². The molecule has 1 N–H and O–H groups in total. The number of rotatable bonds is 4. The van der Waals surface area contributed by atoms with Crippen molar-refractivity contribution >= 4 is 27.3 Å². The second kappa shape index (κ2) is 7.84. The number of ether oxygens (including phenoxy) is 1. The molecule has 0 aromatic heterocycles. The smallest absolute Gasteiger partial charge is 0.264 e. The van der Waals surface area contributed by atoms with Crippen molar-refractivity contribution in [3.8, 4) is 5.75 Å². The highest BCUT2D eigenvalue weighted by atomic mass is 32.2. The Morgan fingerprint density at radius 1 is 0.967 bits per heavy atom. The molecular formula is C23H22N2O4S. The third-order valence-corrected chi connectivity index (χ3v) is 6.65. The van der Waals surface area contributed by atoms with Crippen LogP contribution in [-0.4, -0.2) is 27.5 Å². The molecule has 3 aromatic rings. The number of benzene rings is 3. The van der Waals surface area contributed by atoms with E-state index < -0.39 is 10.0 Å². The Morgan fingerprint density at radius 3 is 2.37 bits per heavy atom. The highest BCUT2D eigenvalue weighted by Gasteiger charge is 2.31. The van der Waals surface area contributed by atoms with Crippen molar-refractivity contribution in [3.05, 3.63) is 83.4 Å². The van der Waals surface area contributed by atoms with Gasteiger partial charge in [-0.3, -0.25) is 9.10 Å². The summed E-state index contributed by atoms with van der Waals surface area (Å²) < 4.78 is 33.8. The first kappa shape index (κ1) is 20.0. The lowest BCUT2D eigenvalue weighted by molar-refractivity contribution is 0.102. The molecule has 4 rings (SSSR count). The van der Waals surface area contributed by atoms with Crippen LogP contribution in [0.25, 0.3) is 0 Å². The van der Waals surface area contributed by atoms with Crippen LogP contribution in [0.2, 0.25) is 0 Å². The number of aryl methyl sites for hydroxylation is 2. The Kier molecular flexibility index (Phi) is 5.22. The van der Waals surface area contributed by atoms with Gasteiger partial charge in [0.1, 0.15) is 12.4 Å². The molecule has 30 heavy (non-hydrogen) atoms. The van der Waals surface area contributed by atoms with Crippen LogP contribution in [0.1, 0.15) is 21.5 Å². The molecule has 1 heterocycles. The van der Waals surface area contributed by atoms with Gasteiger partial charge in [0.2, 0.25) is 0 Å². The number of hydrogen-bond donors (Lipinski definition) is 1. The minimum atomic E-state index is -3.80. The number of amides is 1. The largest absolute Gasteiger partial charge is 0.489 e. The number of anilines is 2. The molecule has 154 valence electrons. The molecule has 0 fully saturated rings. The van der Waals surface area contributed by atoms with Gasteiger partial charge < -0.3 is 10.1 Å². The fraction of sp³-hybridized carbons (Fsp3) is 0.174. The second-order valence-corrected chi connectivity index (χ2v) is 9.11. The standard InChI is InChI=1S/C23H22N2O4S/c1-16-12-17(2)14-20(13-16)30(27,28)25-10-11-29-22-9-8-18(15-21(22)25)23(26)24-19-6-4-3-5-7-19/h3-9,12-15H,10-11H2,1-2H3,(H,24,26). The van der Waals surface area contributed by atoms with Crippen LogP contribution in [0, 0.1) is 13.8 Å². The van der Waals surface area contributed by atoms with E-state index in [1.165, 1.54) is 4.31 Å². The van der Waals surface area contributed by atoms with Crippen molar-refractivity contribution in [2.75, 3.05) is 22.8 Å². The average Bonchev–Trinajstić information content (AvgIpc) is 2.73. The van der Waals surface area contributed by atoms with Gasteiger partial charge in [0.25, 0.3) is 15.9 Å². The third-order valence-electron chi connectivity index (χ3n) is 4.86. The lowest BCUT2D eigenvalue weighted by Gasteiger charge is -2.31. The first-order chi connectivity index (χ1) is 14.3. The summed E-state index contributed by atoms with van der Waals surface area (Å²) in [6, 6.07) is 19.2. The van der Waals surface area contributed by atoms with Crippen LogP contribution in [0.5, 0.6) is 5.75 Å². The summed E-state index contributed by atoms with van der Waals surface area (Å²) >= 11 is 0. The van der Waals surface area contributed by atoms with Gasteiger partial charge in [-0.2, -0.15) is 0 Å². The van der Waals surface area contributed by atoms with E-state index in [2.05, 4.69) is 5.32 Å². The van der Waals surface area contributed by atoms with Crippen LogP contribution >= 0.6 is 0 Å². The van der Waals surface area contributed by atoms with E-state index in [9.17, 15) is 13.2 Å². The molecule has 0 atom stereocenters. The van der Waals surface area contributed by atoms with Crippen LogP contribution in [0.4, 0.5) is 11.4 Å². The third kappa shape index (κ3) is 3.89. The first-order valence-corrected chi connectivity index (χ1v) is 11.0. The minimum Gasteiger partial charge on any atom is -0.489 e. The number of sulfonamides is 1. The molecule has 6 nitrogen and oxygen atoms in total. The van der Waals surface area contributed by atoms with E-state index >= 15 is 0 Å². The van der Waals surface area contributed by atoms with E-state index in [4.69, 9.17) is 4.74 Å². The Bertz CT molecular complexity index is 1190. The van der Waals surface area contributed by atoms with Crippen molar-refractivity contribution in [2.45, 2.75) is 18.7 Å². The molecule has 0 aliphatic carbocycles. The Balaban J connectivity index is 1.71. The highest BCUT2D eigenvalue weighted by molar-refractivity contribution is 7.92. The number of fused-ring (bicyclic) bond motifs is 1. The van der Waals surface area contributed by atoms with Crippen LogP contribution in [0.15, 0.2) is 71.6 Å². The topological polar surface area (TPSA) is 75.7 Å². The van der Waals surface area contributed by atoms with Gasteiger partial charge in [-0.15, -0.1) is 0 Å². The van der Waals surface area contributed by atoms with Crippen molar-refractivity contribution in [2.24, 2.45) is 0 Å². The Hall–Kier alpha value is -3.32. The Labute approximate surface area is 176 Å². The predicted molar refractivity (Wildman–Crippen MR) is 117 cm³/mol. The Morgan fingerprint density at radius 2 is 1.67 bits per heavy atom. The zero-order valence-corrected chi connectivity index (χ0v) is 17.6. The van der Waals surface area contributed by atoms with Crippen molar-refractivity contribution < 1.29 is 17.9 Å². The molecular weight excluding hydrogens is 400 g/mol. The molecule has 0 bridgehead atoms. The van der Waals surface area contributed by atoms with Gasteiger partial charge in [-0.25, -0.2) is 8.42 Å². The number of nitrogens with one attached hydrogen (secondary N) is 1. The summed E-state index contributed by atoms with van der Waals surface area (Å²) in [4.78, 5) is 12.9. The molecule has 0 spiro atoms. The van der Waals surface area contributed by atoms with Crippen LogP contribution < -0.4 is 14.4 Å². The van der Waals surface area contributed by atoms with Gasteiger partial charge in [0.15, 0.2) is 0 Å². The molecule has 1 amide bonds. The fourth-order valence-corrected chi connectivity index (χ4v) is 5.16. The number of nitrogens with zero attached hydrogens (tertiary/aromatic N) is 1. The maximum absolute atomic E-state index is 13.4. The molecule has 0 radical (unpaired) electrons. The fourth-order valence-electron chi connectivity index (χ4n) is 3.52. The van der Waals surface area contributed by atoms with Gasteiger partial charge in [0.05, 0.1) is 17.1 Å². The molecule has 7 heteroatoms. The van der Waals surface area contributed by atoms with E-state index in [1.807, 2.05) is 38.1 Å². The van der Waals surface area contributed by atoms with Crippen molar-refractivity contribution in [1.29, 1.82) is 0 Å². The number of para-hydroxylation sites is 1. The van der Waals surface area contributed by atoms with Gasteiger partial charge >= 0.3 is 0 Å². The summed E-state index contributed by atoms with van der Waals surface area (Å²) in [6.07, 6.45) is 0. The van der Waals surface area contributed by atoms with E-state index in [0.29, 0.717) is 22.7 Å². The minimum absolute atomic E-state index is 0.173. The van der Waals surface area contributed by atoms with Crippen LogP contribution in [-0.2, 0) is 10.0 Å². The SMILES string of the molecule is Cc1cc(C)cc(S(=O)(=O)N2CCOc3ccc(C(=O)Nc4ccccc4)cc32)c1. The lowest BCUT2D eigenvalue weighted by atomic mass is 10.1. The number of carbonyl (C=O) groups is 1. The summed E-state index contributed by atoms with van der Waals surface area (Å²) in [5.41, 5.74) is 3.12. The van der Waals surface area contributed by atoms with E-state index in [0.717, 1.165) is 11.1 Å². The van der Waals surface area contributed by atoms with Crippen LogP contribution in [0.3, 0.4) is 0 Å². The number of hydrogen-bond acceptors (Lipinski definition) is 4. The molecule has 3 aromatic carbocycles. The van der Waals surface area contributed by atoms with E-state index in [-0.39, 0.29) is 24.0 Å². The summed E-state index contributed by atoms with van der Waals surface area (Å²) in [5, 5.41) is 2.82. The summed E-state index contributed by atoms with van der Waals surface area (Å²) in [7, 11) is -3.80. The quantitative estimate of drug-likeness (QED) is 0.686. The van der Waals surface area contributed by atoms with Gasteiger partial charge in [-0.1, -0.05) is 24.3 Å². The second-order valence-electron chi connectivity index (χ2n) is 7.25. The average molecular weight is 423 g/mol. The highest BCUT2D eigenvalue weighted by Crippen LogP contribution is 2.36. The molecule has 0 saturated carbocycles. The lowest BCUT2D eigenvalue weighted by Crippen LogP contribution is -2.38. The van der Waals surface area contributed by atoms with Gasteiger partial charge in [0, 0.05) is 11.3 Å². The zero-order chi connectivity index (χ0) is 21.3. The molecule has 1 aliphatic heterocycles. The molecule has 1 aliphatic rings. The van der Waals surface area contributed by atoms with Gasteiger partial charge in [-0.05, 0) is 67.4 Å². The summed E-state index contributed by atoms with van der Waals surface area (Å²) in [5.74, 6) is 0.115. The first-order valence-electron chi connectivity index (χ1n) is 9.59. The normalized spacial score (nSPS) is 13.3. The summed E-state index contributed by atoms with van der Waals surface area (Å²) in [6.45, 7) is 4.15. The van der Waals surface area contributed by atoms with E-state index in [1.54, 1.807) is 42.5 Å². The predicted octanol–water partition coefficient (Wildman–Crippen LogP) is 4.14. The maximum Gasteiger partial charge on any atom is 0.264 e.